The number of rotatable bonds is 6. The van der Waals surface area contributed by atoms with E-state index >= 15 is 0 Å². The Labute approximate surface area is 163 Å². The number of methoxy groups -OCH3 is 2. The molecule has 1 atom stereocenters. The summed E-state index contributed by atoms with van der Waals surface area (Å²) in [7, 11) is 3.02. The number of nitrogens with one attached hydrogen (secondary N) is 1. The van der Waals surface area contributed by atoms with Crippen molar-refractivity contribution in [1.29, 1.82) is 0 Å². The fourth-order valence-corrected chi connectivity index (χ4v) is 3.30. The van der Waals surface area contributed by atoms with Gasteiger partial charge in [0.25, 0.3) is 11.7 Å². The van der Waals surface area contributed by atoms with Crippen LogP contribution in [-0.2, 0) is 9.59 Å². The van der Waals surface area contributed by atoms with Crippen molar-refractivity contribution in [2.75, 3.05) is 24.4 Å². The highest BCUT2D eigenvalue weighted by atomic mass is 16.5. The molecular weight excluding hydrogens is 360 g/mol. The summed E-state index contributed by atoms with van der Waals surface area (Å²) in [6.45, 7) is 3.64. The van der Waals surface area contributed by atoms with Crippen LogP contribution in [0.15, 0.2) is 36.4 Å². The van der Waals surface area contributed by atoms with Crippen LogP contribution in [0.3, 0.4) is 0 Å². The van der Waals surface area contributed by atoms with Crippen LogP contribution in [0.1, 0.15) is 29.3 Å². The number of Topliss-reactive ketones (excluding diaryl/α,β-unsaturated/α-hetero) is 1. The number of nitrogens with zero attached hydrogens (tertiary/aromatic N) is 1. The normalized spacial score (nSPS) is 13.9. The van der Waals surface area contributed by atoms with Crippen molar-refractivity contribution >= 4 is 29.0 Å². The van der Waals surface area contributed by atoms with Crippen molar-refractivity contribution in [3.63, 3.8) is 0 Å². The number of anilines is 2. The Hall–Kier alpha value is -3.35. The second-order valence-electron chi connectivity index (χ2n) is 6.50. The number of carbonyl (C=O) groups excluding carboxylic acids is 3. The Kier molecular flexibility index (Phi) is 5.35. The first-order chi connectivity index (χ1) is 13.4. The lowest BCUT2D eigenvalue weighted by Gasteiger charge is -2.26. The molecule has 146 valence electrons. The van der Waals surface area contributed by atoms with Crippen molar-refractivity contribution in [2.45, 2.75) is 26.3 Å². The zero-order valence-corrected chi connectivity index (χ0v) is 16.2. The third-order valence-corrected chi connectivity index (χ3v) is 4.73. The highest BCUT2D eigenvalue weighted by Crippen LogP contribution is 2.34. The minimum Gasteiger partial charge on any atom is -0.497 e. The molecule has 0 bridgehead atoms. The van der Waals surface area contributed by atoms with E-state index in [1.54, 1.807) is 37.3 Å². The van der Waals surface area contributed by atoms with Crippen LogP contribution in [-0.4, -0.2) is 37.9 Å². The summed E-state index contributed by atoms with van der Waals surface area (Å²) in [6.07, 6.45) is 0.338. The molecule has 0 aliphatic carbocycles. The van der Waals surface area contributed by atoms with E-state index in [0.29, 0.717) is 34.9 Å². The number of benzene rings is 2. The lowest BCUT2D eigenvalue weighted by atomic mass is 10.1. The van der Waals surface area contributed by atoms with Crippen LogP contribution >= 0.6 is 0 Å². The molecule has 1 heterocycles. The van der Waals surface area contributed by atoms with Crippen LogP contribution in [0.4, 0.5) is 11.4 Å². The van der Waals surface area contributed by atoms with Gasteiger partial charge in [0.05, 0.1) is 31.2 Å². The molecule has 7 nitrogen and oxygen atoms in total. The fraction of sp³-hybridized carbons (Fsp3) is 0.286. The van der Waals surface area contributed by atoms with E-state index < -0.39 is 23.6 Å². The predicted octanol–water partition coefficient (Wildman–Crippen LogP) is 2.96. The fourth-order valence-electron chi connectivity index (χ4n) is 3.30. The summed E-state index contributed by atoms with van der Waals surface area (Å²) in [5.74, 6) is -0.686. The Morgan fingerprint density at radius 3 is 2.50 bits per heavy atom. The summed E-state index contributed by atoms with van der Waals surface area (Å²) < 4.78 is 10.5. The van der Waals surface area contributed by atoms with Crippen molar-refractivity contribution in [3.8, 4) is 11.5 Å². The number of ether oxygens (including phenoxy) is 2. The van der Waals surface area contributed by atoms with Crippen molar-refractivity contribution in [2.24, 2.45) is 0 Å². The van der Waals surface area contributed by atoms with Crippen LogP contribution < -0.4 is 19.7 Å². The first kappa shape index (κ1) is 19.4. The number of hydrogen-bond acceptors (Lipinski definition) is 5. The third kappa shape index (κ3) is 3.31. The van der Waals surface area contributed by atoms with Crippen LogP contribution in [0.25, 0.3) is 0 Å². The Bertz CT molecular complexity index is 954. The molecule has 2 amide bonds. The van der Waals surface area contributed by atoms with Gasteiger partial charge in [-0.3, -0.25) is 19.3 Å². The monoisotopic (exact) mass is 382 g/mol. The summed E-state index contributed by atoms with van der Waals surface area (Å²) in [5.41, 5.74) is 2.09. The molecule has 2 aromatic carbocycles. The number of hydrogen-bond donors (Lipinski definition) is 1. The van der Waals surface area contributed by atoms with Gasteiger partial charge in [-0.1, -0.05) is 18.6 Å². The topological polar surface area (TPSA) is 84.9 Å². The van der Waals surface area contributed by atoms with E-state index in [9.17, 15) is 14.4 Å². The van der Waals surface area contributed by atoms with Crippen LogP contribution in [0, 0.1) is 6.92 Å². The lowest BCUT2D eigenvalue weighted by Crippen LogP contribution is -2.46. The minimum absolute atomic E-state index is 0.329. The SMILES string of the molecule is CCC(C(=O)Nc1cc(OC)ccc1OC)N1C(=O)C(=O)c2cc(C)ccc21. The van der Waals surface area contributed by atoms with E-state index in [4.69, 9.17) is 9.47 Å². The van der Waals surface area contributed by atoms with Gasteiger partial charge in [-0.05, 0) is 37.6 Å². The molecule has 0 saturated carbocycles. The van der Waals surface area contributed by atoms with Gasteiger partial charge in [-0.15, -0.1) is 0 Å². The highest BCUT2D eigenvalue weighted by molar-refractivity contribution is 6.53. The van der Waals surface area contributed by atoms with Gasteiger partial charge in [0, 0.05) is 6.07 Å². The zero-order valence-electron chi connectivity index (χ0n) is 16.2. The van der Waals surface area contributed by atoms with Crippen LogP contribution in [0.5, 0.6) is 11.5 Å². The first-order valence-corrected chi connectivity index (χ1v) is 8.92. The maximum Gasteiger partial charge on any atom is 0.300 e. The van der Waals surface area contributed by atoms with E-state index in [-0.39, 0.29) is 0 Å². The number of aryl methyl sites for hydroxylation is 1. The summed E-state index contributed by atoms with van der Waals surface area (Å²) >= 11 is 0. The first-order valence-electron chi connectivity index (χ1n) is 8.92. The van der Waals surface area contributed by atoms with Gasteiger partial charge < -0.3 is 14.8 Å². The summed E-state index contributed by atoms with van der Waals surface area (Å²) in [4.78, 5) is 39.3. The third-order valence-electron chi connectivity index (χ3n) is 4.73. The second-order valence-corrected chi connectivity index (χ2v) is 6.50. The maximum absolute atomic E-state index is 13.0. The molecule has 1 unspecified atom stereocenters. The quantitative estimate of drug-likeness (QED) is 0.777. The van der Waals surface area contributed by atoms with Gasteiger partial charge in [-0.2, -0.15) is 0 Å². The molecule has 1 N–H and O–H groups in total. The minimum atomic E-state index is -0.837. The zero-order chi connectivity index (χ0) is 20.4. The number of carbonyl (C=O) groups is 3. The van der Waals surface area contributed by atoms with Gasteiger partial charge in [-0.25, -0.2) is 0 Å². The highest BCUT2D eigenvalue weighted by Gasteiger charge is 2.41. The average Bonchev–Trinajstić information content (AvgIpc) is 2.93. The number of fused-ring (bicyclic) bond motifs is 1. The van der Waals surface area contributed by atoms with E-state index in [0.717, 1.165) is 5.56 Å². The molecule has 1 aliphatic rings. The van der Waals surface area contributed by atoms with Crippen molar-refractivity contribution in [3.05, 3.63) is 47.5 Å². The number of ketones is 1. The Morgan fingerprint density at radius 2 is 1.86 bits per heavy atom. The molecule has 7 heteroatoms. The molecule has 28 heavy (non-hydrogen) atoms. The van der Waals surface area contributed by atoms with Gasteiger partial charge in [0.15, 0.2) is 0 Å². The van der Waals surface area contributed by atoms with Gasteiger partial charge in [0.1, 0.15) is 17.5 Å². The van der Waals surface area contributed by atoms with Crippen molar-refractivity contribution in [1.82, 2.24) is 0 Å². The van der Waals surface area contributed by atoms with E-state index in [1.165, 1.54) is 19.1 Å². The van der Waals surface area contributed by atoms with Gasteiger partial charge >= 0.3 is 0 Å². The summed E-state index contributed by atoms with van der Waals surface area (Å²) in [6, 6.07) is 9.38. The van der Waals surface area contributed by atoms with E-state index in [1.807, 2.05) is 13.0 Å². The maximum atomic E-state index is 13.0. The Morgan fingerprint density at radius 1 is 1.11 bits per heavy atom. The number of amides is 2. The molecule has 0 saturated heterocycles. The summed E-state index contributed by atoms with van der Waals surface area (Å²) in [5, 5.41) is 2.79. The van der Waals surface area contributed by atoms with Gasteiger partial charge in [0.2, 0.25) is 5.91 Å². The molecule has 0 spiro atoms. The molecule has 0 radical (unpaired) electrons. The molecule has 0 aromatic heterocycles. The largest absolute Gasteiger partial charge is 0.497 e. The average molecular weight is 382 g/mol. The van der Waals surface area contributed by atoms with E-state index in [2.05, 4.69) is 5.32 Å². The van der Waals surface area contributed by atoms with Crippen molar-refractivity contribution < 1.29 is 23.9 Å². The predicted molar refractivity (Wildman–Crippen MR) is 105 cm³/mol. The van der Waals surface area contributed by atoms with Crippen LogP contribution in [0.2, 0.25) is 0 Å². The Balaban J connectivity index is 1.94. The molecule has 3 rings (SSSR count). The smallest absolute Gasteiger partial charge is 0.300 e. The second kappa shape index (κ2) is 7.72. The standard InChI is InChI=1S/C21H22N2O5/c1-5-16(20(25)22-15-11-13(27-3)7-9-18(15)28-4)23-17-8-6-12(2)10-14(17)19(24)21(23)26/h6-11,16H,5H2,1-4H3,(H,22,25). The molecule has 1 aliphatic heterocycles. The molecule has 2 aromatic rings. The molecule has 0 fully saturated rings. The molecular formula is C21H22N2O5. The lowest BCUT2D eigenvalue weighted by molar-refractivity contribution is -0.121.